The topological polar surface area (TPSA) is 40.5 Å². The van der Waals surface area contributed by atoms with Crippen molar-refractivity contribution in [3.63, 3.8) is 0 Å². The van der Waals surface area contributed by atoms with E-state index in [-0.39, 0.29) is 5.92 Å². The average Bonchev–Trinajstić information content (AvgIpc) is 3.04. The van der Waals surface area contributed by atoms with Crippen LogP contribution in [0.1, 0.15) is 50.5 Å². The molecule has 3 nitrogen and oxygen atoms in total. The van der Waals surface area contributed by atoms with Crippen LogP contribution in [0, 0.1) is 5.92 Å². The highest BCUT2D eigenvalue weighted by molar-refractivity contribution is 5.81. The van der Waals surface area contributed by atoms with Gasteiger partial charge in [-0.3, -0.25) is 4.90 Å². The van der Waals surface area contributed by atoms with Gasteiger partial charge in [0.25, 0.3) is 0 Å². The van der Waals surface area contributed by atoms with Crippen LogP contribution in [-0.4, -0.2) is 29.1 Å². The third-order valence-corrected chi connectivity index (χ3v) is 5.34. The van der Waals surface area contributed by atoms with Crippen LogP contribution in [0.15, 0.2) is 30.3 Å². The van der Waals surface area contributed by atoms with Gasteiger partial charge in [0.15, 0.2) is 0 Å². The Bertz CT molecular complexity index is 475. The number of carbonyl (C=O) groups is 1. The van der Waals surface area contributed by atoms with Gasteiger partial charge < -0.3 is 5.11 Å². The van der Waals surface area contributed by atoms with Gasteiger partial charge in [-0.1, -0.05) is 49.6 Å². The van der Waals surface area contributed by atoms with E-state index in [9.17, 15) is 9.90 Å². The van der Waals surface area contributed by atoms with Crippen molar-refractivity contribution in [3.8, 4) is 0 Å². The molecule has 1 aliphatic heterocycles. The van der Waals surface area contributed by atoms with Crippen LogP contribution in [0.3, 0.4) is 0 Å². The molecular formula is C18H25NO2. The lowest BCUT2D eigenvalue weighted by atomic mass is 9.70. The summed E-state index contributed by atoms with van der Waals surface area (Å²) in [6, 6.07) is 9.96. The molecule has 0 spiro atoms. The minimum Gasteiger partial charge on any atom is -0.480 e. The molecule has 2 fully saturated rings. The number of carboxylic acids is 1. The van der Waals surface area contributed by atoms with Crippen LogP contribution in [0.2, 0.25) is 0 Å². The van der Waals surface area contributed by atoms with E-state index in [2.05, 4.69) is 4.90 Å². The molecule has 1 N–H and O–H groups in total. The summed E-state index contributed by atoms with van der Waals surface area (Å²) in [5, 5.41) is 10.2. The van der Waals surface area contributed by atoms with Crippen molar-refractivity contribution in [1.82, 2.24) is 4.90 Å². The van der Waals surface area contributed by atoms with E-state index >= 15 is 0 Å². The highest BCUT2D eigenvalue weighted by Gasteiger charge is 2.52. The molecule has 0 amide bonds. The second-order valence-electron chi connectivity index (χ2n) is 6.47. The lowest BCUT2D eigenvalue weighted by Crippen LogP contribution is -2.56. The molecule has 2 aliphatic rings. The first-order valence-electron chi connectivity index (χ1n) is 8.30. The molecule has 1 aromatic carbocycles. The molecule has 1 saturated heterocycles. The zero-order chi connectivity index (χ0) is 14.7. The summed E-state index contributed by atoms with van der Waals surface area (Å²) in [5.41, 5.74) is 0.171. The Balaban J connectivity index is 2.08. The SMILES string of the molecule is O=C(O)[C@@](c1ccccc1)(C1CCCCC1)N1CCCC1. The van der Waals surface area contributed by atoms with Gasteiger partial charge in [-0.05, 0) is 50.3 Å². The maximum Gasteiger partial charge on any atom is 0.329 e. The third kappa shape index (κ3) is 2.48. The molecule has 0 aromatic heterocycles. The van der Waals surface area contributed by atoms with Crippen molar-refractivity contribution >= 4 is 5.97 Å². The second-order valence-corrected chi connectivity index (χ2v) is 6.47. The zero-order valence-corrected chi connectivity index (χ0v) is 12.6. The van der Waals surface area contributed by atoms with Gasteiger partial charge in [-0.25, -0.2) is 4.79 Å². The molecule has 1 atom stereocenters. The molecule has 21 heavy (non-hydrogen) atoms. The monoisotopic (exact) mass is 287 g/mol. The standard InChI is InChI=1S/C18H25NO2/c20-17(21)18(19-13-7-8-14-19,15-9-3-1-4-10-15)16-11-5-2-6-12-16/h1,3-4,9-10,16H,2,5-8,11-14H2,(H,20,21)/t18-/m1/s1. The van der Waals surface area contributed by atoms with Crippen molar-refractivity contribution < 1.29 is 9.90 Å². The highest BCUT2D eigenvalue weighted by atomic mass is 16.4. The predicted octanol–water partition coefficient (Wildman–Crippen LogP) is 3.64. The van der Waals surface area contributed by atoms with Crippen LogP contribution in [0.4, 0.5) is 0 Å². The largest absolute Gasteiger partial charge is 0.480 e. The van der Waals surface area contributed by atoms with Gasteiger partial charge in [0.2, 0.25) is 0 Å². The number of hydrogen-bond acceptors (Lipinski definition) is 2. The van der Waals surface area contributed by atoms with Crippen molar-refractivity contribution in [2.75, 3.05) is 13.1 Å². The molecule has 1 aromatic rings. The number of nitrogens with zero attached hydrogens (tertiary/aromatic N) is 1. The Morgan fingerprint density at radius 2 is 1.62 bits per heavy atom. The van der Waals surface area contributed by atoms with E-state index in [4.69, 9.17) is 0 Å². The summed E-state index contributed by atoms with van der Waals surface area (Å²) in [6.07, 6.45) is 7.90. The minimum absolute atomic E-state index is 0.240. The summed E-state index contributed by atoms with van der Waals surface area (Å²) in [5.74, 6) is -0.410. The number of carboxylic acid groups (broad SMARTS) is 1. The van der Waals surface area contributed by atoms with Gasteiger partial charge >= 0.3 is 5.97 Å². The molecule has 0 unspecified atom stereocenters. The van der Waals surface area contributed by atoms with E-state index in [1.165, 1.54) is 19.3 Å². The van der Waals surface area contributed by atoms with Gasteiger partial charge in [-0.15, -0.1) is 0 Å². The van der Waals surface area contributed by atoms with Gasteiger partial charge in [0.1, 0.15) is 5.54 Å². The normalized spacial score (nSPS) is 23.8. The first kappa shape index (κ1) is 14.6. The average molecular weight is 287 g/mol. The zero-order valence-electron chi connectivity index (χ0n) is 12.6. The van der Waals surface area contributed by atoms with E-state index < -0.39 is 11.5 Å². The van der Waals surface area contributed by atoms with E-state index in [0.29, 0.717) is 0 Å². The number of likely N-dealkylation sites (tertiary alicyclic amines) is 1. The van der Waals surface area contributed by atoms with Crippen molar-refractivity contribution in [2.45, 2.75) is 50.5 Å². The number of aliphatic carboxylic acids is 1. The van der Waals surface area contributed by atoms with Crippen LogP contribution in [0.25, 0.3) is 0 Å². The Labute approximate surface area is 127 Å². The van der Waals surface area contributed by atoms with Crippen molar-refractivity contribution in [1.29, 1.82) is 0 Å². The minimum atomic E-state index is -0.807. The highest BCUT2D eigenvalue weighted by Crippen LogP contribution is 2.45. The van der Waals surface area contributed by atoms with Crippen LogP contribution < -0.4 is 0 Å². The smallest absolute Gasteiger partial charge is 0.329 e. The van der Waals surface area contributed by atoms with E-state index in [1.807, 2.05) is 30.3 Å². The summed E-state index contributed by atoms with van der Waals surface area (Å²) >= 11 is 0. The predicted molar refractivity (Wildman–Crippen MR) is 83.1 cm³/mol. The van der Waals surface area contributed by atoms with Gasteiger partial charge in [0, 0.05) is 0 Å². The molecule has 3 rings (SSSR count). The van der Waals surface area contributed by atoms with Crippen LogP contribution >= 0.6 is 0 Å². The Morgan fingerprint density at radius 3 is 2.19 bits per heavy atom. The molecule has 0 bridgehead atoms. The summed E-state index contributed by atoms with van der Waals surface area (Å²) in [6.45, 7) is 1.83. The molecule has 1 heterocycles. The molecular weight excluding hydrogens is 262 g/mol. The third-order valence-electron chi connectivity index (χ3n) is 5.34. The molecule has 3 heteroatoms. The van der Waals surface area contributed by atoms with Crippen molar-refractivity contribution in [3.05, 3.63) is 35.9 Å². The van der Waals surface area contributed by atoms with Crippen LogP contribution in [0.5, 0.6) is 0 Å². The lowest BCUT2D eigenvalue weighted by Gasteiger charge is -2.46. The molecule has 1 aliphatic carbocycles. The van der Waals surface area contributed by atoms with Gasteiger partial charge in [0.05, 0.1) is 0 Å². The number of hydrogen-bond donors (Lipinski definition) is 1. The fourth-order valence-electron chi connectivity index (χ4n) is 4.39. The van der Waals surface area contributed by atoms with Gasteiger partial charge in [-0.2, -0.15) is 0 Å². The summed E-state index contributed by atoms with van der Waals surface area (Å²) < 4.78 is 0. The van der Waals surface area contributed by atoms with E-state index in [0.717, 1.165) is 44.3 Å². The quantitative estimate of drug-likeness (QED) is 0.919. The maximum absolute atomic E-state index is 12.5. The fraction of sp³-hybridized carbons (Fsp3) is 0.611. The Kier molecular flexibility index (Phi) is 4.29. The lowest BCUT2D eigenvalue weighted by molar-refractivity contribution is -0.157. The molecule has 0 radical (unpaired) electrons. The first-order chi connectivity index (χ1) is 10.3. The summed E-state index contributed by atoms with van der Waals surface area (Å²) in [4.78, 5) is 14.7. The number of rotatable bonds is 4. The second kappa shape index (κ2) is 6.18. The fourth-order valence-corrected chi connectivity index (χ4v) is 4.39. The van der Waals surface area contributed by atoms with E-state index in [1.54, 1.807) is 0 Å². The van der Waals surface area contributed by atoms with Crippen LogP contribution in [-0.2, 0) is 10.3 Å². The number of benzene rings is 1. The van der Waals surface area contributed by atoms with Crippen molar-refractivity contribution in [2.24, 2.45) is 5.92 Å². The molecule has 114 valence electrons. The first-order valence-corrected chi connectivity index (χ1v) is 8.30. The molecule has 1 saturated carbocycles. The summed E-state index contributed by atoms with van der Waals surface area (Å²) in [7, 11) is 0. The maximum atomic E-state index is 12.5. The Hall–Kier alpha value is -1.35. The Morgan fingerprint density at radius 1 is 1.00 bits per heavy atom.